The van der Waals surface area contributed by atoms with E-state index in [-0.39, 0.29) is 11.6 Å². The average molecular weight is 340 g/mol. The highest BCUT2D eigenvalue weighted by molar-refractivity contribution is 9.10. The maximum absolute atomic E-state index is 6.40. The monoisotopic (exact) mass is 339 g/mol. The number of benzene rings is 1. The fourth-order valence-electron chi connectivity index (χ4n) is 3.46. The molecule has 1 aromatic carbocycles. The summed E-state index contributed by atoms with van der Waals surface area (Å²) in [5, 5.41) is 0. The Morgan fingerprint density at radius 3 is 3.05 bits per heavy atom. The first-order valence-corrected chi connectivity index (χ1v) is 8.27. The van der Waals surface area contributed by atoms with Gasteiger partial charge in [0.25, 0.3) is 0 Å². The molecule has 1 spiro atoms. The van der Waals surface area contributed by atoms with Crippen LogP contribution in [-0.2, 0) is 4.74 Å². The Balaban J connectivity index is 1.85. The molecule has 1 saturated heterocycles. The van der Waals surface area contributed by atoms with E-state index in [2.05, 4.69) is 28.9 Å². The second kappa shape index (κ2) is 5.66. The zero-order valence-corrected chi connectivity index (χ0v) is 13.5. The number of rotatable bonds is 2. The largest absolute Gasteiger partial charge is 0.487 e. The van der Waals surface area contributed by atoms with Crippen LogP contribution in [0, 0.1) is 0 Å². The Hall–Kier alpha value is -0.580. The summed E-state index contributed by atoms with van der Waals surface area (Å²) in [6.07, 6.45) is 5.36. The van der Waals surface area contributed by atoms with E-state index in [0.717, 1.165) is 54.5 Å². The van der Waals surface area contributed by atoms with Crippen molar-refractivity contribution in [2.45, 2.75) is 56.8 Å². The molecule has 0 aliphatic carbocycles. The molecular weight excluding hydrogens is 318 g/mol. The molecule has 0 radical (unpaired) electrons. The minimum absolute atomic E-state index is 0.0622. The van der Waals surface area contributed by atoms with Crippen molar-refractivity contribution in [1.29, 1.82) is 0 Å². The van der Waals surface area contributed by atoms with Gasteiger partial charge in [-0.15, -0.1) is 0 Å². The van der Waals surface area contributed by atoms with E-state index in [1.54, 1.807) is 0 Å². The lowest BCUT2D eigenvalue weighted by molar-refractivity contribution is -0.103. The molecule has 0 aromatic heterocycles. The number of hydrogen-bond acceptors (Lipinski definition) is 3. The molecule has 2 unspecified atom stereocenters. The second-order valence-corrected chi connectivity index (χ2v) is 6.93. The molecule has 2 aliphatic heterocycles. The molecule has 1 aromatic rings. The topological polar surface area (TPSA) is 44.5 Å². The Bertz CT molecular complexity index is 491. The van der Waals surface area contributed by atoms with E-state index in [1.165, 1.54) is 0 Å². The van der Waals surface area contributed by atoms with Crippen LogP contribution in [0.4, 0.5) is 0 Å². The Kier molecular flexibility index (Phi) is 4.07. The molecule has 3 nitrogen and oxygen atoms in total. The highest BCUT2D eigenvalue weighted by Crippen LogP contribution is 2.45. The maximum atomic E-state index is 6.40. The van der Waals surface area contributed by atoms with Crippen LogP contribution in [-0.4, -0.2) is 18.3 Å². The van der Waals surface area contributed by atoms with Crippen molar-refractivity contribution in [2.75, 3.05) is 6.61 Å². The Labute approximate surface area is 129 Å². The molecule has 3 atom stereocenters. The van der Waals surface area contributed by atoms with Crippen molar-refractivity contribution in [2.24, 2.45) is 5.73 Å². The molecule has 20 heavy (non-hydrogen) atoms. The summed E-state index contributed by atoms with van der Waals surface area (Å²) < 4.78 is 13.3. The summed E-state index contributed by atoms with van der Waals surface area (Å²) in [5.74, 6) is 0.940. The third kappa shape index (κ3) is 2.74. The molecule has 4 heteroatoms. The van der Waals surface area contributed by atoms with Crippen LogP contribution < -0.4 is 10.5 Å². The van der Waals surface area contributed by atoms with Gasteiger partial charge in [0.1, 0.15) is 11.4 Å². The van der Waals surface area contributed by atoms with Crippen molar-refractivity contribution in [3.05, 3.63) is 28.2 Å². The van der Waals surface area contributed by atoms with Crippen LogP contribution in [0.3, 0.4) is 0 Å². The molecule has 2 heterocycles. The van der Waals surface area contributed by atoms with Crippen LogP contribution in [0.25, 0.3) is 0 Å². The summed E-state index contributed by atoms with van der Waals surface area (Å²) in [7, 11) is 0. The van der Waals surface area contributed by atoms with Gasteiger partial charge in [-0.25, -0.2) is 0 Å². The van der Waals surface area contributed by atoms with Crippen molar-refractivity contribution in [3.8, 4) is 5.75 Å². The van der Waals surface area contributed by atoms with E-state index < -0.39 is 0 Å². The van der Waals surface area contributed by atoms with Crippen LogP contribution in [0.1, 0.15) is 50.6 Å². The number of ether oxygens (including phenoxy) is 2. The van der Waals surface area contributed by atoms with Gasteiger partial charge in [0.05, 0.1) is 12.7 Å². The van der Waals surface area contributed by atoms with Crippen molar-refractivity contribution >= 4 is 15.9 Å². The first kappa shape index (κ1) is 14.4. The fourth-order valence-corrected chi connectivity index (χ4v) is 3.80. The molecule has 0 bridgehead atoms. The lowest BCUT2D eigenvalue weighted by atomic mass is 9.79. The lowest BCUT2D eigenvalue weighted by Gasteiger charge is -2.46. The summed E-state index contributed by atoms with van der Waals surface area (Å²) in [6, 6.07) is 6.21. The first-order valence-electron chi connectivity index (χ1n) is 7.47. The van der Waals surface area contributed by atoms with E-state index in [4.69, 9.17) is 15.2 Å². The second-order valence-electron chi connectivity index (χ2n) is 6.01. The van der Waals surface area contributed by atoms with Gasteiger partial charge in [0, 0.05) is 35.3 Å². The van der Waals surface area contributed by atoms with Gasteiger partial charge in [-0.3, -0.25) is 0 Å². The van der Waals surface area contributed by atoms with Crippen molar-refractivity contribution in [1.82, 2.24) is 0 Å². The van der Waals surface area contributed by atoms with Gasteiger partial charge in [-0.05, 0) is 18.6 Å². The van der Waals surface area contributed by atoms with Gasteiger partial charge in [-0.1, -0.05) is 35.3 Å². The van der Waals surface area contributed by atoms with Crippen LogP contribution in [0.15, 0.2) is 22.7 Å². The third-order valence-corrected chi connectivity index (χ3v) is 4.91. The average Bonchev–Trinajstić information content (AvgIpc) is 2.38. The van der Waals surface area contributed by atoms with Crippen molar-refractivity contribution < 1.29 is 9.47 Å². The molecule has 1 fully saturated rings. The minimum atomic E-state index is -0.134. The molecule has 0 saturated carbocycles. The Morgan fingerprint density at radius 2 is 2.25 bits per heavy atom. The molecule has 110 valence electrons. The highest BCUT2D eigenvalue weighted by Gasteiger charge is 2.43. The van der Waals surface area contributed by atoms with E-state index in [9.17, 15) is 0 Å². The zero-order valence-electron chi connectivity index (χ0n) is 11.9. The van der Waals surface area contributed by atoms with E-state index in [1.807, 2.05) is 12.1 Å². The van der Waals surface area contributed by atoms with Gasteiger partial charge < -0.3 is 15.2 Å². The van der Waals surface area contributed by atoms with Gasteiger partial charge >= 0.3 is 0 Å². The normalized spacial score (nSPS) is 32.8. The third-order valence-electron chi connectivity index (χ3n) is 4.42. The molecule has 3 rings (SSSR count). The number of fused-ring (bicyclic) bond motifs is 1. The number of nitrogens with two attached hydrogens (primary N) is 1. The number of halogens is 1. The fraction of sp³-hybridized carbons (Fsp3) is 0.625. The van der Waals surface area contributed by atoms with E-state index in [0.29, 0.717) is 6.10 Å². The van der Waals surface area contributed by atoms with Crippen molar-refractivity contribution in [3.63, 3.8) is 0 Å². The van der Waals surface area contributed by atoms with Crippen LogP contribution in [0.2, 0.25) is 0 Å². The quantitative estimate of drug-likeness (QED) is 0.887. The molecule has 0 amide bonds. The van der Waals surface area contributed by atoms with Gasteiger partial charge in [-0.2, -0.15) is 0 Å². The van der Waals surface area contributed by atoms with Gasteiger partial charge in [0.15, 0.2) is 0 Å². The predicted molar refractivity (Wildman–Crippen MR) is 82.9 cm³/mol. The number of hydrogen-bond donors (Lipinski definition) is 1. The summed E-state index contributed by atoms with van der Waals surface area (Å²) in [6.45, 7) is 2.98. The summed E-state index contributed by atoms with van der Waals surface area (Å²) >= 11 is 3.51. The SMILES string of the molecule is CCCC1CC2(CCO1)C[C@H](N)c1ccc(Br)cc1O2. The molecular formula is C16H22BrNO2. The first-order chi connectivity index (χ1) is 9.62. The standard InChI is InChI=1S/C16H22BrNO2/c1-2-3-12-9-16(6-7-19-12)10-14(18)13-5-4-11(17)8-15(13)20-16/h4-5,8,12,14H,2-3,6-7,9-10,18H2,1H3/t12?,14-,16?/m0/s1. The molecule has 2 aliphatic rings. The smallest absolute Gasteiger partial charge is 0.126 e. The Morgan fingerprint density at radius 1 is 1.40 bits per heavy atom. The lowest BCUT2D eigenvalue weighted by Crippen LogP contribution is -2.49. The molecule has 2 N–H and O–H groups in total. The van der Waals surface area contributed by atoms with Crippen LogP contribution in [0.5, 0.6) is 5.75 Å². The maximum Gasteiger partial charge on any atom is 0.126 e. The predicted octanol–water partition coefficient (Wildman–Crippen LogP) is 3.95. The van der Waals surface area contributed by atoms with Crippen LogP contribution >= 0.6 is 15.9 Å². The van der Waals surface area contributed by atoms with E-state index >= 15 is 0 Å². The van der Waals surface area contributed by atoms with Gasteiger partial charge in [0.2, 0.25) is 0 Å². The summed E-state index contributed by atoms with van der Waals surface area (Å²) in [4.78, 5) is 0. The minimum Gasteiger partial charge on any atom is -0.487 e. The highest BCUT2D eigenvalue weighted by atomic mass is 79.9. The zero-order chi connectivity index (χ0) is 14.2. The summed E-state index contributed by atoms with van der Waals surface area (Å²) in [5.41, 5.74) is 7.37.